The number of halogens is 4. The molecule has 3 rings (SSSR count). The predicted molar refractivity (Wildman–Crippen MR) is 98.0 cm³/mol. The van der Waals surface area contributed by atoms with Crippen LogP contribution in [0.5, 0.6) is 5.88 Å². The second-order valence-corrected chi connectivity index (χ2v) is 6.59. The van der Waals surface area contributed by atoms with E-state index in [1.54, 1.807) is 6.07 Å². The van der Waals surface area contributed by atoms with Gasteiger partial charge in [-0.05, 0) is 11.6 Å². The van der Waals surface area contributed by atoms with Crippen molar-refractivity contribution in [3.8, 4) is 5.88 Å². The molecule has 0 radical (unpaired) electrons. The summed E-state index contributed by atoms with van der Waals surface area (Å²) in [6, 6.07) is 4.03. The van der Waals surface area contributed by atoms with E-state index in [-0.39, 0.29) is 47.6 Å². The molecule has 1 aliphatic rings. The first-order chi connectivity index (χ1) is 13.9. The Hall–Kier alpha value is -2.88. The van der Waals surface area contributed by atoms with Gasteiger partial charge in [0.25, 0.3) is 12.4 Å². The van der Waals surface area contributed by atoms with Crippen LogP contribution >= 0.6 is 11.6 Å². The zero-order chi connectivity index (χ0) is 21.0. The molecule has 0 unspecified atom stereocenters. The number of aromatic nitrogens is 2. The van der Waals surface area contributed by atoms with E-state index in [1.807, 2.05) is 0 Å². The molecule has 7 nitrogen and oxygen atoms in total. The fourth-order valence-electron chi connectivity index (χ4n) is 2.95. The van der Waals surface area contributed by atoms with Gasteiger partial charge in [0, 0.05) is 23.4 Å². The Labute approximate surface area is 168 Å². The van der Waals surface area contributed by atoms with Crippen molar-refractivity contribution >= 4 is 23.4 Å². The number of benzene rings is 1. The summed E-state index contributed by atoms with van der Waals surface area (Å²) in [5.74, 6) is -0.481. The number of Topliss-reactive ketones (excluding diaryl/α,β-unsaturated/α-hetero) is 1. The van der Waals surface area contributed by atoms with Gasteiger partial charge in [-0.3, -0.25) is 4.79 Å². The fourth-order valence-corrected chi connectivity index (χ4v) is 3.23. The first-order valence-electron chi connectivity index (χ1n) is 8.45. The number of ether oxygens (including phenoxy) is 2. The molecule has 0 saturated carbocycles. The number of nitrogens with zero attached hydrogens (tertiary/aromatic N) is 3. The van der Waals surface area contributed by atoms with Gasteiger partial charge in [-0.2, -0.15) is 0 Å². The van der Waals surface area contributed by atoms with Gasteiger partial charge in [0.05, 0.1) is 19.0 Å². The first kappa shape index (κ1) is 20.8. The number of nitrogens with two attached hydrogens (primary N) is 1. The van der Waals surface area contributed by atoms with E-state index in [4.69, 9.17) is 22.1 Å². The number of ketones is 1. The second-order valence-electron chi connectivity index (χ2n) is 6.18. The van der Waals surface area contributed by atoms with Crippen molar-refractivity contribution in [3.63, 3.8) is 0 Å². The van der Waals surface area contributed by atoms with Gasteiger partial charge >= 0.3 is 0 Å². The number of hydrogen-bond donors (Lipinski definition) is 1. The van der Waals surface area contributed by atoms with Gasteiger partial charge in [0.15, 0.2) is 11.3 Å². The third-order valence-electron chi connectivity index (χ3n) is 4.38. The molecule has 154 valence electrons. The summed E-state index contributed by atoms with van der Waals surface area (Å²) in [6.45, 7) is -1.11. The minimum Gasteiger partial charge on any atom is -0.465 e. The summed E-state index contributed by atoms with van der Waals surface area (Å²) in [5, 5.41) is 0.0764. The SMILES string of the molecule is NC1=N[C@@](c2cc(CC(=O)c3cnc(OCF)cn3)ccc2Cl)(C(F)F)CCO1. The standard InChI is InChI=1S/C18H16ClF3N4O3/c19-12-2-1-10(6-14(27)13-7-25-15(8-24-13)29-9-20)5-11(12)18(16(21)22)3-4-28-17(23)26-18/h1-2,5,7-8,16H,3-4,6,9H2,(H2,23,26)/t18-/m0/s1. The highest BCUT2D eigenvalue weighted by molar-refractivity contribution is 6.31. The number of rotatable bonds is 7. The Kier molecular flexibility index (Phi) is 6.21. The van der Waals surface area contributed by atoms with Crippen LogP contribution in [0.1, 0.15) is 28.0 Å². The molecule has 2 aromatic rings. The van der Waals surface area contributed by atoms with Gasteiger partial charge in [-0.15, -0.1) is 0 Å². The zero-order valence-electron chi connectivity index (χ0n) is 14.9. The summed E-state index contributed by atoms with van der Waals surface area (Å²) in [7, 11) is 0. The van der Waals surface area contributed by atoms with E-state index >= 15 is 0 Å². The lowest BCUT2D eigenvalue weighted by molar-refractivity contribution is 0.0267. The van der Waals surface area contributed by atoms with Crippen LogP contribution in [0.25, 0.3) is 0 Å². The van der Waals surface area contributed by atoms with E-state index < -0.39 is 24.6 Å². The number of carbonyl (C=O) groups excluding carboxylic acids is 1. The van der Waals surface area contributed by atoms with E-state index in [1.165, 1.54) is 12.1 Å². The minimum atomic E-state index is -2.89. The summed E-state index contributed by atoms with van der Waals surface area (Å²) in [4.78, 5) is 23.9. The molecule has 29 heavy (non-hydrogen) atoms. The molecule has 0 bridgehead atoms. The Bertz CT molecular complexity index is 927. The smallest absolute Gasteiger partial charge is 0.283 e. The van der Waals surface area contributed by atoms with Gasteiger partial charge in [0.1, 0.15) is 5.69 Å². The Balaban J connectivity index is 1.89. The van der Waals surface area contributed by atoms with E-state index in [0.29, 0.717) is 5.56 Å². The summed E-state index contributed by atoms with van der Waals surface area (Å²) in [6.07, 6.45) is -0.886. The van der Waals surface area contributed by atoms with Crippen molar-refractivity contribution in [2.75, 3.05) is 13.5 Å². The van der Waals surface area contributed by atoms with Crippen LogP contribution in [-0.2, 0) is 16.7 Å². The quantitative estimate of drug-likeness (QED) is 0.680. The molecular weight excluding hydrogens is 413 g/mol. The molecule has 0 spiro atoms. The highest BCUT2D eigenvalue weighted by atomic mass is 35.5. The van der Waals surface area contributed by atoms with Crippen molar-refractivity contribution in [2.24, 2.45) is 10.7 Å². The lowest BCUT2D eigenvalue weighted by Crippen LogP contribution is -2.41. The first-order valence-corrected chi connectivity index (χ1v) is 8.82. The van der Waals surface area contributed by atoms with Crippen LogP contribution in [0.3, 0.4) is 0 Å². The maximum Gasteiger partial charge on any atom is 0.283 e. The number of hydrogen-bond acceptors (Lipinski definition) is 7. The normalized spacial score (nSPS) is 18.9. The molecule has 11 heteroatoms. The molecular formula is C18H16ClF3N4O3. The highest BCUT2D eigenvalue weighted by Gasteiger charge is 2.45. The van der Waals surface area contributed by atoms with E-state index in [9.17, 15) is 18.0 Å². The average molecular weight is 429 g/mol. The molecule has 0 saturated heterocycles. The molecule has 2 heterocycles. The van der Waals surface area contributed by atoms with Gasteiger partial charge in [-0.25, -0.2) is 28.1 Å². The van der Waals surface area contributed by atoms with Gasteiger partial charge < -0.3 is 15.2 Å². The lowest BCUT2D eigenvalue weighted by Gasteiger charge is -2.33. The number of amidine groups is 1. The highest BCUT2D eigenvalue weighted by Crippen LogP contribution is 2.42. The topological polar surface area (TPSA) is 99.7 Å². The van der Waals surface area contributed by atoms with Crippen molar-refractivity contribution in [2.45, 2.75) is 24.8 Å². The van der Waals surface area contributed by atoms with Crippen molar-refractivity contribution in [3.05, 3.63) is 52.4 Å². The molecule has 1 aliphatic heterocycles. The molecule has 0 amide bonds. The van der Waals surface area contributed by atoms with Gasteiger partial charge in [-0.1, -0.05) is 23.7 Å². The number of aliphatic imine (C=N–C) groups is 1. The molecule has 2 N–H and O–H groups in total. The van der Waals surface area contributed by atoms with E-state index in [2.05, 4.69) is 19.7 Å². The third-order valence-corrected chi connectivity index (χ3v) is 4.71. The predicted octanol–water partition coefficient (Wildman–Crippen LogP) is 3.06. The zero-order valence-corrected chi connectivity index (χ0v) is 15.7. The lowest BCUT2D eigenvalue weighted by atomic mass is 9.85. The molecule has 1 atom stereocenters. The van der Waals surface area contributed by atoms with Crippen molar-refractivity contribution in [1.82, 2.24) is 9.97 Å². The number of alkyl halides is 3. The number of carbonyl (C=O) groups is 1. The van der Waals surface area contributed by atoms with Crippen molar-refractivity contribution in [1.29, 1.82) is 0 Å². The van der Waals surface area contributed by atoms with Crippen LogP contribution in [0.15, 0.2) is 35.6 Å². The summed E-state index contributed by atoms with van der Waals surface area (Å²) >= 11 is 6.18. The average Bonchev–Trinajstić information content (AvgIpc) is 2.70. The van der Waals surface area contributed by atoms with Crippen LogP contribution in [-0.4, -0.2) is 41.7 Å². The molecule has 0 fully saturated rings. The van der Waals surface area contributed by atoms with Crippen LogP contribution in [0, 0.1) is 0 Å². The van der Waals surface area contributed by atoms with Gasteiger partial charge in [0.2, 0.25) is 12.7 Å². The van der Waals surface area contributed by atoms with Crippen LogP contribution < -0.4 is 10.5 Å². The van der Waals surface area contributed by atoms with Crippen LogP contribution in [0.2, 0.25) is 5.02 Å². The minimum absolute atomic E-state index is 0.0182. The Morgan fingerprint density at radius 3 is 2.76 bits per heavy atom. The largest absolute Gasteiger partial charge is 0.465 e. The van der Waals surface area contributed by atoms with E-state index in [0.717, 1.165) is 12.4 Å². The molecule has 1 aromatic heterocycles. The monoisotopic (exact) mass is 428 g/mol. The summed E-state index contributed by atoms with van der Waals surface area (Å²) in [5.41, 5.74) is 4.07. The fraction of sp³-hybridized carbons (Fsp3) is 0.333. The molecule has 0 aliphatic carbocycles. The maximum atomic E-state index is 14.0. The van der Waals surface area contributed by atoms with Crippen molar-refractivity contribution < 1.29 is 27.4 Å². The second kappa shape index (κ2) is 8.64. The maximum absolute atomic E-state index is 14.0. The van der Waals surface area contributed by atoms with Crippen LogP contribution in [0.4, 0.5) is 13.2 Å². The third kappa shape index (κ3) is 4.42. The summed E-state index contributed by atoms with van der Waals surface area (Å²) < 4.78 is 49.6. The molecule has 1 aromatic carbocycles. The Morgan fingerprint density at radius 1 is 1.34 bits per heavy atom. The Morgan fingerprint density at radius 2 is 2.14 bits per heavy atom.